The van der Waals surface area contributed by atoms with Gasteiger partial charge in [0, 0.05) is 44.8 Å². The average molecular weight is 544 g/mol. The number of benzene rings is 1. The minimum absolute atomic E-state index is 0.00549. The number of nitrogens with zero attached hydrogens (tertiary/aromatic N) is 5. The number of piperazine rings is 2. The van der Waals surface area contributed by atoms with E-state index in [0.29, 0.717) is 25.5 Å². The van der Waals surface area contributed by atoms with Crippen LogP contribution < -0.4 is 9.64 Å². The fraction of sp³-hybridized carbons (Fsp3) is 0.444. The Morgan fingerprint density at radius 3 is 2.63 bits per heavy atom. The number of anilines is 1. The molecule has 1 N–H and O–H groups in total. The number of halogens is 2. The van der Waals surface area contributed by atoms with Crippen molar-refractivity contribution >= 4 is 29.2 Å². The number of likely N-dealkylation sites (N-methyl/N-ethyl adjacent to an activating group) is 1. The molecule has 4 heterocycles. The molecule has 0 saturated carbocycles. The zero-order chi connectivity index (χ0) is 27.3. The van der Waals surface area contributed by atoms with Crippen molar-refractivity contribution in [2.24, 2.45) is 0 Å². The minimum atomic E-state index is -0.693. The van der Waals surface area contributed by atoms with Gasteiger partial charge in [-0.25, -0.2) is 9.37 Å². The number of ether oxygens (including phenoxy) is 1. The van der Waals surface area contributed by atoms with E-state index in [2.05, 4.69) is 18.4 Å². The van der Waals surface area contributed by atoms with E-state index in [1.54, 1.807) is 9.80 Å². The molecular weight excluding hydrogens is 513 g/mol. The van der Waals surface area contributed by atoms with Crippen LogP contribution in [-0.4, -0.2) is 101 Å². The van der Waals surface area contributed by atoms with Crippen LogP contribution in [-0.2, 0) is 4.79 Å². The molecule has 11 heteroatoms. The molecule has 3 aliphatic heterocycles. The molecule has 2 amide bonds. The summed E-state index contributed by atoms with van der Waals surface area (Å²) in [5.41, 5.74) is 0.0623. The van der Waals surface area contributed by atoms with Crippen LogP contribution in [0.3, 0.4) is 0 Å². The largest absolute Gasteiger partial charge is 0.507 e. The number of aromatic nitrogens is 1. The zero-order valence-corrected chi connectivity index (χ0v) is 22.4. The lowest BCUT2D eigenvalue weighted by Crippen LogP contribution is -2.58. The summed E-state index contributed by atoms with van der Waals surface area (Å²) in [6.07, 6.45) is 1.26. The highest BCUT2D eigenvalue weighted by molar-refractivity contribution is 6.35. The maximum atomic E-state index is 15.0. The molecule has 1 aromatic carbocycles. The number of carbonyl (C=O) groups excluding carboxylic acids is 2. The van der Waals surface area contributed by atoms with E-state index >= 15 is 4.39 Å². The molecule has 0 aliphatic carbocycles. The number of aromatic hydroxyl groups is 1. The van der Waals surface area contributed by atoms with Crippen molar-refractivity contribution in [2.75, 3.05) is 51.3 Å². The first kappa shape index (κ1) is 26.2. The van der Waals surface area contributed by atoms with Crippen LogP contribution in [0.5, 0.6) is 11.5 Å². The van der Waals surface area contributed by atoms with Gasteiger partial charge in [0.2, 0.25) is 5.91 Å². The summed E-state index contributed by atoms with van der Waals surface area (Å²) in [6, 6.07) is 3.67. The van der Waals surface area contributed by atoms with Gasteiger partial charge in [-0.3, -0.25) is 14.5 Å². The number of hydrogen-bond donors (Lipinski definition) is 1. The van der Waals surface area contributed by atoms with E-state index in [-0.39, 0.29) is 70.4 Å². The standard InChI is InChI=1S/C27H31ClFN5O4/c1-5-20(36)32-10-12-34-17(13-32)14-38-25-22(27(34)37)26(33-11-9-31(4)15(2)16(33)3)30-24(23(25)28)21-18(29)7-6-8-19(21)35/h5-8,15-17,35H,1,9-14H2,2-4H3. The number of amides is 2. The Labute approximate surface area is 226 Å². The molecule has 1 aromatic heterocycles. The van der Waals surface area contributed by atoms with E-state index < -0.39 is 11.9 Å². The number of pyridine rings is 1. The first-order chi connectivity index (χ1) is 18.1. The van der Waals surface area contributed by atoms with E-state index in [9.17, 15) is 14.7 Å². The van der Waals surface area contributed by atoms with E-state index in [0.717, 1.165) is 6.54 Å². The van der Waals surface area contributed by atoms with Crippen LogP contribution in [0.1, 0.15) is 24.2 Å². The smallest absolute Gasteiger partial charge is 0.261 e. The normalized spacial score (nSPS) is 23.9. The van der Waals surface area contributed by atoms with Gasteiger partial charge in [0.05, 0.1) is 11.6 Å². The van der Waals surface area contributed by atoms with Crippen LogP contribution in [0.2, 0.25) is 5.02 Å². The average Bonchev–Trinajstić information content (AvgIpc) is 3.05. The maximum absolute atomic E-state index is 15.0. The highest BCUT2D eigenvalue weighted by Gasteiger charge is 2.42. The fourth-order valence-electron chi connectivity index (χ4n) is 5.50. The predicted octanol–water partition coefficient (Wildman–Crippen LogP) is 3.01. The molecule has 2 saturated heterocycles. The Morgan fingerprint density at radius 2 is 1.92 bits per heavy atom. The third kappa shape index (κ3) is 4.25. The lowest BCUT2D eigenvalue weighted by atomic mass is 10.0. The molecule has 3 atom stereocenters. The quantitative estimate of drug-likeness (QED) is 0.595. The van der Waals surface area contributed by atoms with Gasteiger partial charge in [-0.05, 0) is 39.1 Å². The summed E-state index contributed by atoms with van der Waals surface area (Å²) in [5, 5.41) is 10.5. The van der Waals surface area contributed by atoms with Gasteiger partial charge in [0.1, 0.15) is 40.3 Å². The second-order valence-electron chi connectivity index (χ2n) is 10.0. The molecular formula is C27H31ClFN5O4. The predicted molar refractivity (Wildman–Crippen MR) is 142 cm³/mol. The number of rotatable bonds is 3. The first-order valence-corrected chi connectivity index (χ1v) is 13.0. The zero-order valence-electron chi connectivity index (χ0n) is 21.7. The lowest BCUT2D eigenvalue weighted by Gasteiger charge is -2.45. The monoisotopic (exact) mass is 543 g/mol. The Balaban J connectivity index is 1.68. The van der Waals surface area contributed by atoms with Crippen LogP contribution in [0.25, 0.3) is 11.3 Å². The van der Waals surface area contributed by atoms with Gasteiger partial charge in [0.25, 0.3) is 5.91 Å². The van der Waals surface area contributed by atoms with Gasteiger partial charge in [-0.1, -0.05) is 24.2 Å². The number of hydrogen-bond acceptors (Lipinski definition) is 7. The Kier molecular flexibility index (Phi) is 6.96. The number of carbonyl (C=O) groups is 2. The fourth-order valence-corrected chi connectivity index (χ4v) is 5.78. The highest BCUT2D eigenvalue weighted by atomic mass is 35.5. The number of fused-ring (bicyclic) bond motifs is 2. The SMILES string of the molecule is C=CC(=O)N1CCN2C(=O)c3c(N4CCN(C)C(C)C4C)nc(-c4c(O)cccc4F)c(Cl)c3OCC2C1. The van der Waals surface area contributed by atoms with Crippen LogP contribution in [0.4, 0.5) is 10.2 Å². The molecule has 3 aliphatic rings. The molecule has 3 unspecified atom stereocenters. The van der Waals surface area contributed by atoms with E-state index in [1.165, 1.54) is 24.3 Å². The van der Waals surface area contributed by atoms with Gasteiger partial charge >= 0.3 is 0 Å². The molecule has 0 spiro atoms. The molecule has 38 heavy (non-hydrogen) atoms. The highest BCUT2D eigenvalue weighted by Crippen LogP contribution is 2.46. The minimum Gasteiger partial charge on any atom is -0.507 e. The summed E-state index contributed by atoms with van der Waals surface area (Å²) >= 11 is 6.80. The molecule has 2 aromatic rings. The van der Waals surface area contributed by atoms with Crippen LogP contribution >= 0.6 is 11.6 Å². The van der Waals surface area contributed by atoms with Crippen molar-refractivity contribution in [2.45, 2.75) is 32.0 Å². The van der Waals surface area contributed by atoms with Gasteiger partial charge in [0.15, 0.2) is 5.75 Å². The van der Waals surface area contributed by atoms with Crippen molar-refractivity contribution in [3.63, 3.8) is 0 Å². The molecule has 5 rings (SSSR count). The topological polar surface area (TPSA) is 89.5 Å². The van der Waals surface area contributed by atoms with Crippen molar-refractivity contribution in [3.8, 4) is 22.8 Å². The van der Waals surface area contributed by atoms with E-state index in [4.69, 9.17) is 21.3 Å². The van der Waals surface area contributed by atoms with Crippen molar-refractivity contribution < 1.29 is 23.8 Å². The number of phenolic OH excluding ortho intramolecular Hbond substituents is 1. The van der Waals surface area contributed by atoms with Crippen molar-refractivity contribution in [3.05, 3.63) is 47.3 Å². The first-order valence-electron chi connectivity index (χ1n) is 12.7. The maximum Gasteiger partial charge on any atom is 0.261 e. The van der Waals surface area contributed by atoms with Gasteiger partial charge < -0.3 is 24.5 Å². The Bertz CT molecular complexity index is 1290. The number of phenols is 1. The van der Waals surface area contributed by atoms with Crippen LogP contribution in [0, 0.1) is 5.82 Å². The van der Waals surface area contributed by atoms with E-state index in [1.807, 2.05) is 18.9 Å². The third-order valence-corrected chi connectivity index (χ3v) is 8.37. The summed E-state index contributed by atoms with van der Waals surface area (Å²) in [4.78, 5) is 38.7. The Hall–Kier alpha value is -3.37. The van der Waals surface area contributed by atoms with Crippen LogP contribution in [0.15, 0.2) is 30.9 Å². The second-order valence-corrected chi connectivity index (χ2v) is 10.4. The van der Waals surface area contributed by atoms with Crippen molar-refractivity contribution in [1.82, 2.24) is 19.7 Å². The van der Waals surface area contributed by atoms with Gasteiger partial charge in [-0.15, -0.1) is 0 Å². The summed E-state index contributed by atoms with van der Waals surface area (Å²) in [5.74, 6) is -1.08. The molecule has 0 radical (unpaired) electrons. The molecule has 2 fully saturated rings. The molecule has 9 nitrogen and oxygen atoms in total. The van der Waals surface area contributed by atoms with Crippen molar-refractivity contribution in [1.29, 1.82) is 0 Å². The second kappa shape index (κ2) is 10.1. The third-order valence-electron chi connectivity index (χ3n) is 8.02. The molecule has 0 bridgehead atoms. The lowest BCUT2D eigenvalue weighted by molar-refractivity contribution is -0.128. The molecule has 202 valence electrons. The Morgan fingerprint density at radius 1 is 1.18 bits per heavy atom. The van der Waals surface area contributed by atoms with Gasteiger partial charge in [-0.2, -0.15) is 0 Å². The summed E-state index contributed by atoms with van der Waals surface area (Å²) in [7, 11) is 2.04. The summed E-state index contributed by atoms with van der Waals surface area (Å²) < 4.78 is 21.2. The summed E-state index contributed by atoms with van der Waals surface area (Å²) in [6.45, 7) is 10.1.